The van der Waals surface area contributed by atoms with Gasteiger partial charge in [-0.1, -0.05) is 23.4 Å². The molecule has 0 spiro atoms. The SMILES string of the molecule is CC(C)(C)n1cc(CNC2(c3ccccc3C(F)(F)F)CC2)nn1. The highest BCUT2D eigenvalue weighted by Crippen LogP contribution is 2.49. The second-order valence-electron chi connectivity index (χ2n) is 7.30. The van der Waals surface area contributed by atoms with Gasteiger partial charge in [0.25, 0.3) is 0 Å². The Balaban J connectivity index is 1.78. The lowest BCUT2D eigenvalue weighted by molar-refractivity contribution is -0.138. The van der Waals surface area contributed by atoms with Crippen molar-refractivity contribution in [2.45, 2.75) is 57.4 Å². The second-order valence-corrected chi connectivity index (χ2v) is 7.30. The minimum Gasteiger partial charge on any atom is -0.302 e. The van der Waals surface area contributed by atoms with E-state index in [-0.39, 0.29) is 5.54 Å². The van der Waals surface area contributed by atoms with E-state index in [0.29, 0.717) is 24.9 Å². The van der Waals surface area contributed by atoms with Crippen molar-refractivity contribution in [1.29, 1.82) is 0 Å². The van der Waals surface area contributed by atoms with Gasteiger partial charge in [0, 0.05) is 12.1 Å². The standard InChI is InChI=1S/C17H21F3N4/c1-15(2,3)24-11-12(22-23-24)10-21-16(8-9-16)13-6-4-5-7-14(13)17(18,19)20/h4-7,11,21H,8-10H2,1-3H3. The number of nitrogens with zero attached hydrogens (tertiary/aromatic N) is 3. The van der Waals surface area contributed by atoms with Crippen molar-refractivity contribution in [3.05, 3.63) is 47.3 Å². The third kappa shape index (κ3) is 3.31. The van der Waals surface area contributed by atoms with Crippen LogP contribution in [0.5, 0.6) is 0 Å². The quantitative estimate of drug-likeness (QED) is 0.921. The zero-order chi connectivity index (χ0) is 17.6. The fourth-order valence-electron chi connectivity index (χ4n) is 2.78. The van der Waals surface area contributed by atoms with Crippen LogP contribution >= 0.6 is 0 Å². The van der Waals surface area contributed by atoms with Crippen molar-refractivity contribution in [2.24, 2.45) is 0 Å². The predicted octanol–water partition coefficient (Wildman–Crippen LogP) is 3.83. The lowest BCUT2D eigenvalue weighted by atomic mass is 9.97. The molecule has 1 aromatic carbocycles. The Morgan fingerprint density at radius 2 is 1.83 bits per heavy atom. The first-order valence-corrected chi connectivity index (χ1v) is 7.95. The Labute approximate surface area is 139 Å². The number of nitrogens with one attached hydrogen (secondary N) is 1. The highest BCUT2D eigenvalue weighted by Gasteiger charge is 2.48. The zero-order valence-electron chi connectivity index (χ0n) is 14.0. The van der Waals surface area contributed by atoms with E-state index in [1.807, 2.05) is 27.0 Å². The van der Waals surface area contributed by atoms with Gasteiger partial charge in [-0.3, -0.25) is 0 Å². The summed E-state index contributed by atoms with van der Waals surface area (Å²) in [6.07, 6.45) is -1.14. The van der Waals surface area contributed by atoms with Gasteiger partial charge >= 0.3 is 6.18 Å². The van der Waals surface area contributed by atoms with Gasteiger partial charge in [0.1, 0.15) is 0 Å². The summed E-state index contributed by atoms with van der Waals surface area (Å²) in [5.74, 6) is 0. The molecular weight excluding hydrogens is 317 g/mol. The molecule has 0 amide bonds. The van der Waals surface area contributed by atoms with Crippen LogP contribution < -0.4 is 5.32 Å². The van der Waals surface area contributed by atoms with Gasteiger partial charge in [-0.2, -0.15) is 13.2 Å². The number of benzene rings is 1. The molecule has 130 valence electrons. The van der Waals surface area contributed by atoms with Gasteiger partial charge in [0.2, 0.25) is 0 Å². The van der Waals surface area contributed by atoms with E-state index < -0.39 is 17.3 Å². The number of halogens is 3. The molecule has 1 aliphatic rings. The van der Waals surface area contributed by atoms with Gasteiger partial charge < -0.3 is 5.32 Å². The number of aromatic nitrogens is 3. The molecule has 2 aromatic rings. The molecule has 0 saturated heterocycles. The number of rotatable bonds is 4. The molecule has 7 heteroatoms. The van der Waals surface area contributed by atoms with E-state index in [1.54, 1.807) is 16.8 Å². The zero-order valence-corrected chi connectivity index (χ0v) is 14.0. The van der Waals surface area contributed by atoms with Crippen molar-refractivity contribution in [3.8, 4) is 0 Å². The largest absolute Gasteiger partial charge is 0.416 e. The van der Waals surface area contributed by atoms with Crippen molar-refractivity contribution < 1.29 is 13.2 Å². The van der Waals surface area contributed by atoms with E-state index in [0.717, 1.165) is 11.8 Å². The van der Waals surface area contributed by atoms with E-state index in [2.05, 4.69) is 15.6 Å². The van der Waals surface area contributed by atoms with E-state index >= 15 is 0 Å². The third-order valence-electron chi connectivity index (χ3n) is 4.33. The van der Waals surface area contributed by atoms with Crippen LogP contribution in [0.4, 0.5) is 13.2 Å². The molecule has 0 atom stereocenters. The van der Waals surface area contributed by atoms with Crippen molar-refractivity contribution >= 4 is 0 Å². The normalized spacial score (nSPS) is 17.1. The fourth-order valence-corrected chi connectivity index (χ4v) is 2.78. The molecule has 24 heavy (non-hydrogen) atoms. The Morgan fingerprint density at radius 1 is 1.17 bits per heavy atom. The predicted molar refractivity (Wildman–Crippen MR) is 84.2 cm³/mol. The highest BCUT2D eigenvalue weighted by atomic mass is 19.4. The minimum absolute atomic E-state index is 0.175. The van der Waals surface area contributed by atoms with Crippen LogP contribution in [-0.2, 0) is 23.8 Å². The highest BCUT2D eigenvalue weighted by molar-refractivity contribution is 5.39. The number of alkyl halides is 3. The number of hydrogen-bond donors (Lipinski definition) is 1. The van der Waals surface area contributed by atoms with Crippen LogP contribution in [-0.4, -0.2) is 15.0 Å². The molecule has 1 heterocycles. The molecule has 1 aliphatic carbocycles. The van der Waals surface area contributed by atoms with Crippen molar-refractivity contribution in [1.82, 2.24) is 20.3 Å². The summed E-state index contributed by atoms with van der Waals surface area (Å²) < 4.78 is 41.5. The van der Waals surface area contributed by atoms with Gasteiger partial charge in [0.05, 0.1) is 23.0 Å². The lowest BCUT2D eigenvalue weighted by Crippen LogP contribution is -2.31. The third-order valence-corrected chi connectivity index (χ3v) is 4.33. The Morgan fingerprint density at radius 3 is 2.38 bits per heavy atom. The summed E-state index contributed by atoms with van der Waals surface area (Å²) in [4.78, 5) is 0. The van der Waals surface area contributed by atoms with E-state index in [4.69, 9.17) is 0 Å². The summed E-state index contributed by atoms with van der Waals surface area (Å²) in [7, 11) is 0. The molecule has 0 radical (unpaired) electrons. The monoisotopic (exact) mass is 338 g/mol. The first-order valence-electron chi connectivity index (χ1n) is 7.95. The molecule has 0 aliphatic heterocycles. The lowest BCUT2D eigenvalue weighted by Gasteiger charge is -2.22. The molecule has 0 unspecified atom stereocenters. The smallest absolute Gasteiger partial charge is 0.302 e. The number of hydrogen-bond acceptors (Lipinski definition) is 3. The molecular formula is C17H21F3N4. The second kappa shape index (κ2) is 5.58. The molecule has 1 aromatic heterocycles. The maximum atomic E-state index is 13.3. The van der Waals surface area contributed by atoms with Crippen LogP contribution in [0.3, 0.4) is 0 Å². The maximum absolute atomic E-state index is 13.3. The summed E-state index contributed by atoms with van der Waals surface area (Å²) >= 11 is 0. The van der Waals surface area contributed by atoms with Gasteiger partial charge in [-0.25, -0.2) is 4.68 Å². The molecule has 1 N–H and O–H groups in total. The van der Waals surface area contributed by atoms with Crippen molar-refractivity contribution in [2.75, 3.05) is 0 Å². The van der Waals surface area contributed by atoms with Gasteiger partial charge in [-0.05, 0) is 45.2 Å². The Kier molecular flexibility index (Phi) is 3.94. The average molecular weight is 338 g/mol. The van der Waals surface area contributed by atoms with E-state index in [9.17, 15) is 13.2 Å². The maximum Gasteiger partial charge on any atom is 0.416 e. The van der Waals surface area contributed by atoms with Crippen LogP contribution in [0.15, 0.2) is 30.5 Å². The van der Waals surface area contributed by atoms with Crippen LogP contribution in [0, 0.1) is 0 Å². The summed E-state index contributed by atoms with van der Waals surface area (Å²) in [5, 5.41) is 11.5. The van der Waals surface area contributed by atoms with E-state index in [1.165, 1.54) is 6.07 Å². The fraction of sp³-hybridized carbons (Fsp3) is 0.529. The van der Waals surface area contributed by atoms with Gasteiger partial charge in [0.15, 0.2) is 0 Å². The van der Waals surface area contributed by atoms with Crippen LogP contribution in [0.2, 0.25) is 0 Å². The molecule has 0 bridgehead atoms. The Bertz CT molecular complexity index is 724. The average Bonchev–Trinajstić information content (AvgIpc) is 3.12. The molecule has 3 rings (SSSR count). The van der Waals surface area contributed by atoms with Crippen LogP contribution in [0.1, 0.15) is 50.4 Å². The first kappa shape index (κ1) is 17.0. The molecule has 4 nitrogen and oxygen atoms in total. The molecule has 1 fully saturated rings. The van der Waals surface area contributed by atoms with Crippen molar-refractivity contribution in [3.63, 3.8) is 0 Å². The molecule has 1 saturated carbocycles. The first-order chi connectivity index (χ1) is 11.1. The van der Waals surface area contributed by atoms with Crippen LogP contribution in [0.25, 0.3) is 0 Å². The topological polar surface area (TPSA) is 42.7 Å². The summed E-state index contributed by atoms with van der Waals surface area (Å²) in [6.45, 7) is 6.44. The summed E-state index contributed by atoms with van der Waals surface area (Å²) in [5.41, 5.74) is -0.307. The minimum atomic E-state index is -4.34. The Hall–Kier alpha value is -1.89. The summed E-state index contributed by atoms with van der Waals surface area (Å²) in [6, 6.07) is 5.79. The van der Waals surface area contributed by atoms with Gasteiger partial charge in [-0.15, -0.1) is 5.10 Å².